The van der Waals surface area contributed by atoms with Crippen LogP contribution in [-0.2, 0) is 14.3 Å². The molecule has 0 unspecified atom stereocenters. The Hall–Kier alpha value is -2.09. The predicted octanol–water partition coefficient (Wildman–Crippen LogP) is 3.63. The third kappa shape index (κ3) is 6.99. The molecule has 0 aliphatic carbocycles. The minimum atomic E-state index is -0.413. The molecule has 0 aliphatic rings. The third-order valence-corrected chi connectivity index (χ3v) is 3.75. The number of esters is 1. The molecule has 0 aliphatic heterocycles. The molecule has 5 nitrogen and oxygen atoms in total. The Kier molecular flexibility index (Phi) is 7.54. The summed E-state index contributed by atoms with van der Waals surface area (Å²) in [5.74, 6) is -0.00252. The molecule has 1 amide bonds. The zero-order valence-electron chi connectivity index (χ0n) is 13.0. The summed E-state index contributed by atoms with van der Waals surface area (Å²) in [7, 11) is 0. The molecule has 0 spiro atoms. The molecule has 0 saturated carbocycles. The Balaban J connectivity index is 1.58. The van der Waals surface area contributed by atoms with E-state index in [2.05, 4.69) is 27.9 Å². The summed E-state index contributed by atoms with van der Waals surface area (Å²) in [5, 5.41) is 2.67. The number of hydrogen-bond acceptors (Lipinski definition) is 4. The number of carbonyl (C=O) groups is 2. The average Bonchev–Trinajstić information content (AvgIpc) is 2.60. The molecule has 6 heteroatoms. The van der Waals surface area contributed by atoms with E-state index in [-0.39, 0.29) is 18.9 Å². The van der Waals surface area contributed by atoms with Gasteiger partial charge in [0.2, 0.25) is 0 Å². The lowest BCUT2D eigenvalue weighted by Crippen LogP contribution is -2.21. The summed E-state index contributed by atoms with van der Waals surface area (Å²) in [4.78, 5) is 23.3. The lowest BCUT2D eigenvalue weighted by atomic mass is 10.3. The Morgan fingerprint density at radius 1 is 1.00 bits per heavy atom. The molecule has 0 radical (unpaired) electrons. The topological polar surface area (TPSA) is 64.6 Å². The molecule has 0 heterocycles. The number of nitrogens with one attached hydrogen (secondary N) is 1. The van der Waals surface area contributed by atoms with Crippen LogP contribution in [0.15, 0.2) is 54.6 Å². The Labute approximate surface area is 154 Å². The number of anilines is 1. The minimum absolute atomic E-state index is 0.212. The van der Waals surface area contributed by atoms with E-state index in [9.17, 15) is 9.59 Å². The van der Waals surface area contributed by atoms with E-state index in [1.165, 1.54) is 0 Å². The van der Waals surface area contributed by atoms with E-state index in [0.717, 1.165) is 9.32 Å². The van der Waals surface area contributed by atoms with Crippen molar-refractivity contribution in [1.29, 1.82) is 0 Å². The molecule has 2 aromatic rings. The average molecular weight is 439 g/mol. The SMILES string of the molecule is O=C(COC(=O)CCCOc1ccccc1)Nc1ccc(I)cc1. The Morgan fingerprint density at radius 3 is 2.42 bits per heavy atom. The number of rotatable bonds is 8. The van der Waals surface area contributed by atoms with Crippen molar-refractivity contribution in [2.45, 2.75) is 12.8 Å². The smallest absolute Gasteiger partial charge is 0.306 e. The van der Waals surface area contributed by atoms with Crippen LogP contribution in [0, 0.1) is 3.57 Å². The molecule has 0 aromatic heterocycles. The maximum atomic E-state index is 11.7. The van der Waals surface area contributed by atoms with Crippen molar-refractivity contribution in [1.82, 2.24) is 0 Å². The van der Waals surface area contributed by atoms with E-state index in [4.69, 9.17) is 9.47 Å². The molecular formula is C18H18INO4. The number of halogens is 1. The van der Waals surface area contributed by atoms with E-state index < -0.39 is 5.97 Å². The molecule has 126 valence electrons. The highest BCUT2D eigenvalue weighted by Gasteiger charge is 2.08. The van der Waals surface area contributed by atoms with Gasteiger partial charge in [0.05, 0.1) is 6.61 Å². The lowest BCUT2D eigenvalue weighted by Gasteiger charge is -2.07. The van der Waals surface area contributed by atoms with Gasteiger partial charge < -0.3 is 14.8 Å². The number of ether oxygens (including phenoxy) is 2. The fourth-order valence-electron chi connectivity index (χ4n) is 1.87. The predicted molar refractivity (Wildman–Crippen MR) is 99.9 cm³/mol. The molecule has 0 saturated heterocycles. The Bertz CT molecular complexity index is 658. The highest BCUT2D eigenvalue weighted by atomic mass is 127. The number of carbonyl (C=O) groups excluding carboxylic acids is 2. The molecule has 2 rings (SSSR count). The van der Waals surface area contributed by atoms with E-state index >= 15 is 0 Å². The molecule has 0 fully saturated rings. The van der Waals surface area contributed by atoms with Crippen molar-refractivity contribution in [3.63, 3.8) is 0 Å². The normalized spacial score (nSPS) is 10.0. The van der Waals surface area contributed by atoms with Gasteiger partial charge in [-0.2, -0.15) is 0 Å². The largest absolute Gasteiger partial charge is 0.494 e. The van der Waals surface area contributed by atoms with Crippen molar-refractivity contribution in [2.24, 2.45) is 0 Å². The fraction of sp³-hybridized carbons (Fsp3) is 0.222. The van der Waals surface area contributed by atoms with Crippen LogP contribution in [0.1, 0.15) is 12.8 Å². The van der Waals surface area contributed by atoms with Crippen molar-refractivity contribution in [3.05, 3.63) is 58.2 Å². The first-order chi connectivity index (χ1) is 11.6. The fourth-order valence-corrected chi connectivity index (χ4v) is 2.23. The van der Waals surface area contributed by atoms with Crippen LogP contribution >= 0.6 is 22.6 Å². The second kappa shape index (κ2) is 9.92. The summed E-state index contributed by atoms with van der Waals surface area (Å²) < 4.78 is 11.5. The number of hydrogen-bond donors (Lipinski definition) is 1. The summed E-state index contributed by atoms with van der Waals surface area (Å²) in [6.45, 7) is 0.137. The molecule has 2 aromatic carbocycles. The highest BCUT2D eigenvalue weighted by Crippen LogP contribution is 2.11. The number of benzene rings is 2. The van der Waals surface area contributed by atoms with Crippen LogP contribution in [0.4, 0.5) is 5.69 Å². The monoisotopic (exact) mass is 439 g/mol. The van der Waals surface area contributed by atoms with Crippen LogP contribution in [0.3, 0.4) is 0 Å². The van der Waals surface area contributed by atoms with Crippen LogP contribution < -0.4 is 10.1 Å². The van der Waals surface area contributed by atoms with Gasteiger partial charge in [-0.3, -0.25) is 9.59 Å². The minimum Gasteiger partial charge on any atom is -0.494 e. The van der Waals surface area contributed by atoms with E-state index in [0.29, 0.717) is 18.7 Å². The van der Waals surface area contributed by atoms with Crippen LogP contribution in [0.2, 0.25) is 0 Å². The van der Waals surface area contributed by atoms with Gasteiger partial charge >= 0.3 is 5.97 Å². The number of para-hydroxylation sites is 1. The first-order valence-corrected chi connectivity index (χ1v) is 8.60. The van der Waals surface area contributed by atoms with E-state index in [1.54, 1.807) is 12.1 Å². The first kappa shape index (κ1) is 18.3. The quantitative estimate of drug-likeness (QED) is 0.388. The maximum Gasteiger partial charge on any atom is 0.306 e. The van der Waals surface area contributed by atoms with Gasteiger partial charge in [0.1, 0.15) is 5.75 Å². The number of amides is 1. The second-order valence-corrected chi connectivity index (χ2v) is 6.23. The van der Waals surface area contributed by atoms with Gasteiger partial charge in [0.15, 0.2) is 6.61 Å². The van der Waals surface area contributed by atoms with Crippen molar-refractivity contribution in [3.8, 4) is 5.75 Å². The lowest BCUT2D eigenvalue weighted by molar-refractivity contribution is -0.147. The van der Waals surface area contributed by atoms with Crippen LogP contribution in [0.5, 0.6) is 5.75 Å². The molecular weight excluding hydrogens is 421 g/mol. The molecule has 0 atom stereocenters. The summed E-state index contributed by atoms with van der Waals surface area (Å²) in [5.41, 5.74) is 0.674. The first-order valence-electron chi connectivity index (χ1n) is 7.52. The summed E-state index contributed by atoms with van der Waals surface area (Å²) in [6.07, 6.45) is 0.746. The van der Waals surface area contributed by atoms with E-state index in [1.807, 2.05) is 42.5 Å². The van der Waals surface area contributed by atoms with Gasteiger partial charge in [-0.05, 0) is 65.4 Å². The zero-order valence-corrected chi connectivity index (χ0v) is 15.2. The summed E-state index contributed by atoms with van der Waals surface area (Å²) >= 11 is 2.18. The van der Waals surface area contributed by atoms with Gasteiger partial charge in [-0.15, -0.1) is 0 Å². The Morgan fingerprint density at radius 2 is 1.71 bits per heavy atom. The molecule has 24 heavy (non-hydrogen) atoms. The molecule has 1 N–H and O–H groups in total. The van der Waals surface area contributed by atoms with Crippen LogP contribution in [0.25, 0.3) is 0 Å². The zero-order chi connectivity index (χ0) is 17.2. The van der Waals surface area contributed by atoms with Crippen molar-refractivity contribution < 1.29 is 19.1 Å². The van der Waals surface area contributed by atoms with Crippen LogP contribution in [-0.4, -0.2) is 25.1 Å². The van der Waals surface area contributed by atoms with Gasteiger partial charge in [-0.1, -0.05) is 18.2 Å². The van der Waals surface area contributed by atoms with Gasteiger partial charge in [0.25, 0.3) is 5.91 Å². The van der Waals surface area contributed by atoms with Gasteiger partial charge in [0, 0.05) is 15.7 Å². The second-order valence-electron chi connectivity index (χ2n) is 4.98. The highest BCUT2D eigenvalue weighted by molar-refractivity contribution is 14.1. The van der Waals surface area contributed by atoms with Gasteiger partial charge in [-0.25, -0.2) is 0 Å². The molecule has 0 bridgehead atoms. The standard InChI is InChI=1S/C18H18INO4/c19-14-8-10-15(11-9-14)20-17(21)13-24-18(22)7-4-12-23-16-5-2-1-3-6-16/h1-3,5-6,8-11H,4,7,12-13H2,(H,20,21). The maximum absolute atomic E-state index is 11.7. The third-order valence-electron chi connectivity index (χ3n) is 3.03. The van der Waals surface area contributed by atoms with Crippen molar-refractivity contribution >= 4 is 40.2 Å². The summed E-state index contributed by atoms with van der Waals surface area (Å²) in [6, 6.07) is 16.7. The van der Waals surface area contributed by atoms with Crippen molar-refractivity contribution in [2.75, 3.05) is 18.5 Å².